The number of anilines is 3. The molecule has 1 fully saturated rings. The molecule has 1 aliphatic heterocycles. The van der Waals surface area contributed by atoms with Crippen molar-refractivity contribution < 1.29 is 0 Å². The quantitative estimate of drug-likeness (QED) is 0.895. The molecule has 0 aromatic carbocycles. The van der Waals surface area contributed by atoms with E-state index < -0.39 is 0 Å². The van der Waals surface area contributed by atoms with E-state index in [0.29, 0.717) is 23.1 Å². The van der Waals surface area contributed by atoms with Crippen LogP contribution >= 0.6 is 0 Å². The second-order valence-corrected chi connectivity index (χ2v) is 7.99. The van der Waals surface area contributed by atoms with Crippen molar-refractivity contribution in [1.29, 1.82) is 5.26 Å². The van der Waals surface area contributed by atoms with Gasteiger partial charge in [-0.2, -0.15) is 15.2 Å². The van der Waals surface area contributed by atoms with Crippen LogP contribution < -0.4 is 15.1 Å². The van der Waals surface area contributed by atoms with E-state index in [1.807, 2.05) is 7.05 Å². The monoisotopic (exact) mass is 345 g/mol. The topological polar surface area (TPSA) is 71.3 Å². The highest BCUT2D eigenvalue weighted by atomic mass is 15.3. The molecule has 25 heavy (non-hydrogen) atoms. The Balaban J connectivity index is 2.42. The molecular weight excluding hydrogens is 314 g/mol. The molecule has 7 nitrogen and oxygen atoms in total. The van der Waals surface area contributed by atoms with Gasteiger partial charge in [-0.05, 0) is 25.4 Å². The summed E-state index contributed by atoms with van der Waals surface area (Å²) in [6.07, 6.45) is 1.09. The zero-order valence-corrected chi connectivity index (χ0v) is 16.4. The summed E-state index contributed by atoms with van der Waals surface area (Å²) in [6.45, 7) is 11.3. The van der Waals surface area contributed by atoms with Gasteiger partial charge < -0.3 is 20.0 Å². The van der Waals surface area contributed by atoms with Crippen LogP contribution in [0.4, 0.5) is 17.6 Å². The number of hydrogen-bond donors (Lipinski definition) is 1. The van der Waals surface area contributed by atoms with Crippen LogP contribution in [0.3, 0.4) is 0 Å². The van der Waals surface area contributed by atoms with Gasteiger partial charge in [0.05, 0.1) is 0 Å². The lowest BCUT2D eigenvalue weighted by Gasteiger charge is -2.29. The lowest BCUT2D eigenvalue weighted by molar-refractivity contribution is 0.360. The number of nitrogens with one attached hydrogen (secondary N) is 1. The minimum absolute atomic E-state index is 0.109. The summed E-state index contributed by atoms with van der Waals surface area (Å²) in [5.74, 6) is 2.00. The second kappa shape index (κ2) is 7.87. The first-order chi connectivity index (χ1) is 11.7. The average Bonchev–Trinajstić information content (AvgIpc) is 2.76. The fourth-order valence-electron chi connectivity index (χ4n) is 3.17. The van der Waals surface area contributed by atoms with Gasteiger partial charge in [-0.1, -0.05) is 20.8 Å². The molecule has 0 unspecified atom stereocenters. The standard InChI is InChI=1S/C18H31N7/c1-18(2,3)13-24(6)16-14(12-19)15(20-4)21-17(22-16)25-9-7-8-23(5)10-11-25/h7-11,13H2,1-6H3,(H,20,21,22). The third-order valence-corrected chi connectivity index (χ3v) is 4.30. The van der Waals surface area contributed by atoms with Crippen molar-refractivity contribution in [2.24, 2.45) is 5.41 Å². The molecule has 2 rings (SSSR count). The Kier molecular flexibility index (Phi) is 6.07. The summed E-state index contributed by atoms with van der Waals surface area (Å²) in [6, 6.07) is 2.28. The number of rotatable bonds is 4. The van der Waals surface area contributed by atoms with Crippen molar-refractivity contribution in [2.75, 3.05) is 69.0 Å². The van der Waals surface area contributed by atoms with E-state index in [4.69, 9.17) is 4.98 Å². The molecule has 7 heteroatoms. The normalized spacial score (nSPS) is 16.3. The Morgan fingerprint density at radius 2 is 1.92 bits per heavy atom. The summed E-state index contributed by atoms with van der Waals surface area (Å²) in [5, 5.41) is 12.7. The van der Waals surface area contributed by atoms with Crippen molar-refractivity contribution >= 4 is 17.6 Å². The molecule has 1 saturated heterocycles. The molecule has 1 N–H and O–H groups in total. The third kappa shape index (κ3) is 4.95. The molecule has 0 amide bonds. The lowest BCUT2D eigenvalue weighted by Crippen LogP contribution is -2.33. The van der Waals surface area contributed by atoms with Crippen LogP contribution in [0, 0.1) is 16.7 Å². The van der Waals surface area contributed by atoms with Gasteiger partial charge in [0.1, 0.15) is 11.6 Å². The molecule has 2 heterocycles. The van der Waals surface area contributed by atoms with E-state index in [9.17, 15) is 5.26 Å². The minimum Gasteiger partial charge on any atom is -0.372 e. The fraction of sp³-hybridized carbons (Fsp3) is 0.722. The van der Waals surface area contributed by atoms with E-state index in [1.54, 1.807) is 7.05 Å². The summed E-state index contributed by atoms with van der Waals surface area (Å²) < 4.78 is 0. The van der Waals surface area contributed by atoms with Crippen LogP contribution in [0.5, 0.6) is 0 Å². The highest BCUT2D eigenvalue weighted by molar-refractivity contribution is 5.67. The van der Waals surface area contributed by atoms with Crippen LogP contribution in [-0.2, 0) is 0 Å². The van der Waals surface area contributed by atoms with Crippen LogP contribution in [0.1, 0.15) is 32.8 Å². The maximum Gasteiger partial charge on any atom is 0.229 e. The predicted octanol–water partition coefficient (Wildman–Crippen LogP) is 2.01. The number of aromatic nitrogens is 2. The molecular formula is C18H31N7. The molecule has 0 radical (unpaired) electrons. The lowest BCUT2D eigenvalue weighted by atomic mass is 9.96. The highest BCUT2D eigenvalue weighted by Crippen LogP contribution is 2.28. The van der Waals surface area contributed by atoms with E-state index in [0.717, 1.165) is 39.1 Å². The summed E-state index contributed by atoms with van der Waals surface area (Å²) in [7, 11) is 5.94. The summed E-state index contributed by atoms with van der Waals surface area (Å²) in [4.78, 5) is 16.0. The minimum atomic E-state index is 0.109. The summed E-state index contributed by atoms with van der Waals surface area (Å²) >= 11 is 0. The molecule has 0 saturated carbocycles. The second-order valence-electron chi connectivity index (χ2n) is 7.99. The van der Waals surface area contributed by atoms with E-state index in [1.165, 1.54) is 0 Å². The highest BCUT2D eigenvalue weighted by Gasteiger charge is 2.23. The van der Waals surface area contributed by atoms with Gasteiger partial charge in [-0.15, -0.1) is 0 Å². The van der Waals surface area contributed by atoms with Gasteiger partial charge >= 0.3 is 0 Å². The largest absolute Gasteiger partial charge is 0.372 e. The zero-order valence-electron chi connectivity index (χ0n) is 16.4. The van der Waals surface area contributed by atoms with Gasteiger partial charge in [-0.25, -0.2) is 0 Å². The predicted molar refractivity (Wildman–Crippen MR) is 103 cm³/mol. The molecule has 0 atom stereocenters. The Hall–Kier alpha value is -2.07. The maximum absolute atomic E-state index is 9.64. The summed E-state index contributed by atoms with van der Waals surface area (Å²) in [5.41, 5.74) is 0.613. The molecule has 0 bridgehead atoms. The Morgan fingerprint density at radius 3 is 2.52 bits per heavy atom. The van der Waals surface area contributed by atoms with Gasteiger partial charge in [0, 0.05) is 40.3 Å². The Labute approximate surface area is 151 Å². The van der Waals surface area contributed by atoms with Crippen molar-refractivity contribution in [3.8, 4) is 6.07 Å². The fourth-order valence-corrected chi connectivity index (χ4v) is 3.17. The van der Waals surface area contributed by atoms with Crippen molar-refractivity contribution in [2.45, 2.75) is 27.2 Å². The van der Waals surface area contributed by atoms with Gasteiger partial charge in [0.2, 0.25) is 5.95 Å². The molecule has 0 aliphatic carbocycles. The van der Waals surface area contributed by atoms with E-state index in [-0.39, 0.29) is 5.41 Å². The van der Waals surface area contributed by atoms with E-state index in [2.05, 4.69) is 58.9 Å². The zero-order chi connectivity index (χ0) is 18.6. The van der Waals surface area contributed by atoms with Crippen molar-refractivity contribution in [3.05, 3.63) is 5.56 Å². The van der Waals surface area contributed by atoms with E-state index >= 15 is 0 Å². The Morgan fingerprint density at radius 1 is 1.20 bits per heavy atom. The molecule has 1 aromatic rings. The first-order valence-electron chi connectivity index (χ1n) is 8.89. The smallest absolute Gasteiger partial charge is 0.229 e. The van der Waals surface area contributed by atoms with Crippen LogP contribution in [0.15, 0.2) is 0 Å². The maximum atomic E-state index is 9.64. The van der Waals surface area contributed by atoms with Gasteiger partial charge in [-0.3, -0.25) is 0 Å². The van der Waals surface area contributed by atoms with Crippen LogP contribution in [-0.4, -0.2) is 68.7 Å². The average molecular weight is 345 g/mol. The first-order valence-corrected chi connectivity index (χ1v) is 8.89. The number of hydrogen-bond acceptors (Lipinski definition) is 7. The molecule has 1 aliphatic rings. The number of likely N-dealkylation sites (N-methyl/N-ethyl adjacent to an activating group) is 1. The third-order valence-electron chi connectivity index (χ3n) is 4.30. The number of nitriles is 1. The van der Waals surface area contributed by atoms with Gasteiger partial charge in [0.25, 0.3) is 0 Å². The van der Waals surface area contributed by atoms with Crippen LogP contribution in [0.25, 0.3) is 0 Å². The van der Waals surface area contributed by atoms with Crippen LogP contribution in [0.2, 0.25) is 0 Å². The Bertz CT molecular complexity index is 630. The van der Waals surface area contributed by atoms with Gasteiger partial charge in [0.15, 0.2) is 11.6 Å². The molecule has 138 valence electrons. The molecule has 0 spiro atoms. The molecule has 1 aromatic heterocycles. The first kappa shape index (κ1) is 19.3. The number of nitrogens with zero attached hydrogens (tertiary/aromatic N) is 6. The van der Waals surface area contributed by atoms with Crippen molar-refractivity contribution in [1.82, 2.24) is 14.9 Å². The SMILES string of the molecule is CNc1nc(N2CCCN(C)CC2)nc(N(C)CC(C)(C)C)c1C#N. The van der Waals surface area contributed by atoms with Crippen molar-refractivity contribution in [3.63, 3.8) is 0 Å².